The molecule has 3 rings (SSSR count). The molecule has 0 saturated carbocycles. The fourth-order valence-electron chi connectivity index (χ4n) is 2.63. The summed E-state index contributed by atoms with van der Waals surface area (Å²) in [5.74, 6) is 1.90. The zero-order valence-electron chi connectivity index (χ0n) is 10.8. The summed E-state index contributed by atoms with van der Waals surface area (Å²) in [5.41, 5.74) is 1.18. The predicted molar refractivity (Wildman–Crippen MR) is 71.3 cm³/mol. The lowest BCUT2D eigenvalue weighted by Gasteiger charge is -2.20. The van der Waals surface area contributed by atoms with Crippen LogP contribution in [0.25, 0.3) is 11.4 Å². The predicted octanol–water partition coefficient (Wildman–Crippen LogP) is 1.73. The molecule has 94 valence electrons. The van der Waals surface area contributed by atoms with Crippen LogP contribution in [0.15, 0.2) is 30.3 Å². The SMILES string of the molecule is Cn1nc(-c2ccccc2)nc1C1(C)CCNC1. The first-order valence-corrected chi connectivity index (χ1v) is 6.37. The summed E-state index contributed by atoms with van der Waals surface area (Å²) in [4.78, 5) is 4.75. The molecule has 1 aromatic carbocycles. The molecule has 1 N–H and O–H groups in total. The molecule has 0 aliphatic carbocycles. The van der Waals surface area contributed by atoms with Gasteiger partial charge in [-0.25, -0.2) is 4.98 Å². The van der Waals surface area contributed by atoms with Gasteiger partial charge >= 0.3 is 0 Å². The van der Waals surface area contributed by atoms with Gasteiger partial charge in [0.15, 0.2) is 5.82 Å². The van der Waals surface area contributed by atoms with Crippen molar-refractivity contribution < 1.29 is 0 Å². The molecule has 1 aliphatic heterocycles. The van der Waals surface area contributed by atoms with Crippen LogP contribution in [0.5, 0.6) is 0 Å². The van der Waals surface area contributed by atoms with Gasteiger partial charge in [0.1, 0.15) is 5.82 Å². The average molecular weight is 242 g/mol. The Morgan fingerprint density at radius 1 is 1.28 bits per heavy atom. The van der Waals surface area contributed by atoms with Crippen molar-refractivity contribution >= 4 is 0 Å². The second-order valence-electron chi connectivity index (χ2n) is 5.24. The summed E-state index contributed by atoms with van der Waals surface area (Å²) >= 11 is 0. The Hall–Kier alpha value is -1.68. The largest absolute Gasteiger partial charge is 0.316 e. The van der Waals surface area contributed by atoms with E-state index in [9.17, 15) is 0 Å². The minimum Gasteiger partial charge on any atom is -0.316 e. The van der Waals surface area contributed by atoms with Crippen molar-refractivity contribution in [2.45, 2.75) is 18.8 Å². The molecule has 1 atom stereocenters. The number of aryl methyl sites for hydroxylation is 1. The zero-order valence-corrected chi connectivity index (χ0v) is 10.8. The van der Waals surface area contributed by atoms with Gasteiger partial charge in [-0.1, -0.05) is 37.3 Å². The first kappa shape index (κ1) is 11.4. The fraction of sp³-hybridized carbons (Fsp3) is 0.429. The van der Waals surface area contributed by atoms with Crippen molar-refractivity contribution in [1.82, 2.24) is 20.1 Å². The smallest absolute Gasteiger partial charge is 0.181 e. The average Bonchev–Trinajstić information content (AvgIpc) is 2.98. The van der Waals surface area contributed by atoms with E-state index < -0.39 is 0 Å². The lowest BCUT2D eigenvalue weighted by molar-refractivity contribution is 0.461. The van der Waals surface area contributed by atoms with Gasteiger partial charge in [0.05, 0.1) is 0 Å². The Morgan fingerprint density at radius 3 is 2.72 bits per heavy atom. The summed E-state index contributed by atoms with van der Waals surface area (Å²) in [5, 5.41) is 7.95. The molecule has 1 aliphatic rings. The molecule has 4 heteroatoms. The monoisotopic (exact) mass is 242 g/mol. The molecule has 4 nitrogen and oxygen atoms in total. The van der Waals surface area contributed by atoms with Gasteiger partial charge in [-0.3, -0.25) is 4.68 Å². The number of rotatable bonds is 2. The number of nitrogens with zero attached hydrogens (tertiary/aromatic N) is 3. The molecule has 1 saturated heterocycles. The first-order chi connectivity index (χ1) is 8.69. The molecule has 0 amide bonds. The summed E-state index contributed by atoms with van der Waals surface area (Å²) in [6.07, 6.45) is 1.12. The second-order valence-corrected chi connectivity index (χ2v) is 5.24. The molecule has 0 spiro atoms. The van der Waals surface area contributed by atoms with Crippen LogP contribution in [-0.2, 0) is 12.5 Å². The summed E-state index contributed by atoms with van der Waals surface area (Å²) in [7, 11) is 1.98. The van der Waals surface area contributed by atoms with Crippen molar-refractivity contribution in [3.63, 3.8) is 0 Å². The van der Waals surface area contributed by atoms with Gasteiger partial charge in [0.2, 0.25) is 0 Å². The molecular weight excluding hydrogens is 224 g/mol. The zero-order chi connectivity index (χ0) is 12.6. The van der Waals surface area contributed by atoms with E-state index in [4.69, 9.17) is 4.98 Å². The minimum absolute atomic E-state index is 0.106. The van der Waals surface area contributed by atoms with Crippen molar-refractivity contribution in [1.29, 1.82) is 0 Å². The van der Waals surface area contributed by atoms with Crippen LogP contribution in [0.3, 0.4) is 0 Å². The third kappa shape index (κ3) is 1.82. The Labute approximate surface area is 107 Å². The lowest BCUT2D eigenvalue weighted by Crippen LogP contribution is -2.28. The summed E-state index contributed by atoms with van der Waals surface area (Å²) in [6.45, 7) is 4.30. The third-order valence-electron chi connectivity index (χ3n) is 3.70. The molecule has 0 radical (unpaired) electrons. The van der Waals surface area contributed by atoms with Crippen LogP contribution in [0, 0.1) is 0 Å². The van der Waals surface area contributed by atoms with E-state index in [2.05, 4.69) is 17.3 Å². The van der Waals surface area contributed by atoms with Gasteiger partial charge in [0, 0.05) is 24.6 Å². The van der Waals surface area contributed by atoms with E-state index in [0.29, 0.717) is 0 Å². The van der Waals surface area contributed by atoms with E-state index in [1.54, 1.807) is 0 Å². The van der Waals surface area contributed by atoms with Crippen molar-refractivity contribution in [3.05, 3.63) is 36.2 Å². The van der Waals surface area contributed by atoms with Gasteiger partial charge in [-0.2, -0.15) is 5.10 Å². The maximum absolute atomic E-state index is 4.75. The summed E-state index contributed by atoms with van der Waals surface area (Å²) < 4.78 is 1.93. The summed E-state index contributed by atoms with van der Waals surface area (Å²) in [6, 6.07) is 10.1. The van der Waals surface area contributed by atoms with Crippen LogP contribution in [0.2, 0.25) is 0 Å². The van der Waals surface area contributed by atoms with Crippen molar-refractivity contribution in [3.8, 4) is 11.4 Å². The van der Waals surface area contributed by atoms with Crippen LogP contribution in [0.4, 0.5) is 0 Å². The fourth-order valence-corrected chi connectivity index (χ4v) is 2.63. The Kier molecular flexibility index (Phi) is 2.67. The topological polar surface area (TPSA) is 42.7 Å². The third-order valence-corrected chi connectivity index (χ3v) is 3.70. The highest BCUT2D eigenvalue weighted by Crippen LogP contribution is 2.29. The van der Waals surface area contributed by atoms with Crippen molar-refractivity contribution in [2.75, 3.05) is 13.1 Å². The maximum atomic E-state index is 4.75. The van der Waals surface area contributed by atoms with Crippen LogP contribution in [0.1, 0.15) is 19.2 Å². The molecule has 1 aromatic heterocycles. The van der Waals surface area contributed by atoms with Crippen LogP contribution in [-0.4, -0.2) is 27.9 Å². The van der Waals surface area contributed by atoms with Gasteiger partial charge in [0.25, 0.3) is 0 Å². The maximum Gasteiger partial charge on any atom is 0.181 e. The van der Waals surface area contributed by atoms with E-state index >= 15 is 0 Å². The Balaban J connectivity index is 2.01. The molecule has 18 heavy (non-hydrogen) atoms. The van der Waals surface area contributed by atoms with E-state index in [1.165, 1.54) is 0 Å². The lowest BCUT2D eigenvalue weighted by atomic mass is 9.89. The van der Waals surface area contributed by atoms with Crippen LogP contribution >= 0.6 is 0 Å². The number of aromatic nitrogens is 3. The highest BCUT2D eigenvalue weighted by Gasteiger charge is 2.35. The number of hydrogen-bond acceptors (Lipinski definition) is 3. The number of nitrogens with one attached hydrogen (secondary N) is 1. The van der Waals surface area contributed by atoms with Crippen molar-refractivity contribution in [2.24, 2.45) is 7.05 Å². The van der Waals surface area contributed by atoms with E-state index in [0.717, 1.165) is 36.7 Å². The second kappa shape index (κ2) is 4.21. The molecule has 1 fully saturated rings. The number of hydrogen-bond donors (Lipinski definition) is 1. The van der Waals surface area contributed by atoms with Crippen LogP contribution < -0.4 is 5.32 Å². The molecule has 0 bridgehead atoms. The Morgan fingerprint density at radius 2 is 2.06 bits per heavy atom. The highest BCUT2D eigenvalue weighted by atomic mass is 15.3. The standard InChI is InChI=1S/C14H18N4/c1-14(8-9-15-10-14)13-16-12(17-18(13)2)11-6-4-3-5-7-11/h3-7,15H,8-10H2,1-2H3. The van der Waals surface area contributed by atoms with Gasteiger partial charge in [-0.15, -0.1) is 0 Å². The van der Waals surface area contributed by atoms with E-state index in [1.807, 2.05) is 42.1 Å². The molecule has 1 unspecified atom stereocenters. The Bertz CT molecular complexity index is 538. The van der Waals surface area contributed by atoms with E-state index in [-0.39, 0.29) is 5.41 Å². The number of benzene rings is 1. The molecular formula is C14H18N4. The molecule has 2 aromatic rings. The normalized spacial score (nSPS) is 23.4. The first-order valence-electron chi connectivity index (χ1n) is 6.37. The molecule has 2 heterocycles. The highest BCUT2D eigenvalue weighted by molar-refractivity contribution is 5.54. The quantitative estimate of drug-likeness (QED) is 0.872. The minimum atomic E-state index is 0.106. The van der Waals surface area contributed by atoms with Gasteiger partial charge in [-0.05, 0) is 13.0 Å². The van der Waals surface area contributed by atoms with Gasteiger partial charge < -0.3 is 5.32 Å².